The number of nitriles is 1. The summed E-state index contributed by atoms with van der Waals surface area (Å²) in [6.45, 7) is 1.94. The number of carbonyl (C=O) groups is 1. The fourth-order valence-electron chi connectivity index (χ4n) is 0.869. The fourth-order valence-corrected chi connectivity index (χ4v) is 0.869. The molecule has 0 saturated heterocycles. The van der Waals surface area contributed by atoms with Crippen LogP contribution in [0.4, 0.5) is 5.69 Å². The Labute approximate surface area is 86.7 Å². The van der Waals surface area contributed by atoms with Gasteiger partial charge in [0.15, 0.2) is 0 Å². The summed E-state index contributed by atoms with van der Waals surface area (Å²) in [6, 6.07) is 8.67. The third-order valence-electron chi connectivity index (χ3n) is 1.66. The van der Waals surface area contributed by atoms with E-state index in [2.05, 4.69) is 10.5 Å². The molecule has 0 radical (unpaired) electrons. The summed E-state index contributed by atoms with van der Waals surface area (Å²) in [5, 5.41) is 20.4. The van der Waals surface area contributed by atoms with Gasteiger partial charge in [-0.05, 0) is 19.1 Å². The molecule has 5 nitrogen and oxygen atoms in total. The lowest BCUT2D eigenvalue weighted by molar-refractivity contribution is -0.129. The number of nitrogens with one attached hydrogen (secondary N) is 1. The molecule has 1 aromatic carbocycles. The predicted molar refractivity (Wildman–Crippen MR) is 55.5 cm³/mol. The Morgan fingerprint density at radius 3 is 2.53 bits per heavy atom. The first-order chi connectivity index (χ1) is 7.13. The number of hydrogen-bond donors (Lipinski definition) is 2. The normalized spacial score (nSPS) is 10.5. The summed E-state index contributed by atoms with van der Waals surface area (Å²) in [6.07, 6.45) is 0. The van der Waals surface area contributed by atoms with Crippen molar-refractivity contribution < 1.29 is 9.90 Å². The summed E-state index contributed by atoms with van der Waals surface area (Å²) in [7, 11) is 0. The van der Waals surface area contributed by atoms with E-state index >= 15 is 0 Å². The summed E-state index contributed by atoms with van der Waals surface area (Å²) in [5.41, 5.74) is 3.64. The third-order valence-corrected chi connectivity index (χ3v) is 1.66. The Kier molecular flexibility index (Phi) is 3.41. The minimum atomic E-state index is -1.35. The van der Waals surface area contributed by atoms with Crippen LogP contribution in [0.25, 0.3) is 0 Å². The molecular weight excluding hydrogens is 194 g/mol. The number of benzene rings is 1. The van der Waals surface area contributed by atoms with E-state index < -0.39 is 11.7 Å². The van der Waals surface area contributed by atoms with E-state index in [1.54, 1.807) is 12.1 Å². The molecule has 0 unspecified atom stereocenters. The number of carboxylic acid groups (broad SMARTS) is 1. The Balaban J connectivity index is 2.76. The van der Waals surface area contributed by atoms with Gasteiger partial charge in [0.1, 0.15) is 6.07 Å². The van der Waals surface area contributed by atoms with E-state index in [4.69, 9.17) is 10.4 Å². The van der Waals surface area contributed by atoms with Gasteiger partial charge in [0.25, 0.3) is 0 Å². The van der Waals surface area contributed by atoms with E-state index in [1.165, 1.54) is 6.07 Å². The molecule has 0 atom stereocenters. The molecule has 0 aromatic heterocycles. The Morgan fingerprint density at radius 1 is 1.47 bits per heavy atom. The lowest BCUT2D eigenvalue weighted by atomic mass is 10.2. The van der Waals surface area contributed by atoms with Crippen LogP contribution in [-0.4, -0.2) is 16.8 Å². The first-order valence-electron chi connectivity index (χ1n) is 4.17. The molecule has 0 aliphatic carbocycles. The van der Waals surface area contributed by atoms with Crippen LogP contribution >= 0.6 is 0 Å². The van der Waals surface area contributed by atoms with E-state index in [9.17, 15) is 4.79 Å². The van der Waals surface area contributed by atoms with Crippen LogP contribution in [0, 0.1) is 18.3 Å². The third kappa shape index (κ3) is 3.12. The number of aryl methyl sites for hydroxylation is 1. The number of anilines is 1. The van der Waals surface area contributed by atoms with Crippen molar-refractivity contribution >= 4 is 17.4 Å². The van der Waals surface area contributed by atoms with Crippen molar-refractivity contribution in [2.45, 2.75) is 6.92 Å². The summed E-state index contributed by atoms with van der Waals surface area (Å²) < 4.78 is 0. The van der Waals surface area contributed by atoms with Crippen LogP contribution in [0.1, 0.15) is 5.56 Å². The molecule has 76 valence electrons. The largest absolute Gasteiger partial charge is 0.476 e. The molecule has 0 heterocycles. The zero-order valence-corrected chi connectivity index (χ0v) is 8.06. The van der Waals surface area contributed by atoms with Gasteiger partial charge in [0.05, 0.1) is 5.69 Å². The zero-order chi connectivity index (χ0) is 11.3. The highest BCUT2D eigenvalue weighted by atomic mass is 16.4. The van der Waals surface area contributed by atoms with E-state index in [1.807, 2.05) is 19.1 Å². The molecule has 15 heavy (non-hydrogen) atoms. The van der Waals surface area contributed by atoms with Gasteiger partial charge in [-0.25, -0.2) is 4.79 Å². The fraction of sp³-hybridized carbons (Fsp3) is 0.100. The second-order valence-corrected chi connectivity index (χ2v) is 2.86. The molecule has 1 aromatic rings. The van der Waals surface area contributed by atoms with Crippen molar-refractivity contribution in [1.82, 2.24) is 0 Å². The van der Waals surface area contributed by atoms with Gasteiger partial charge in [-0.1, -0.05) is 17.7 Å². The average molecular weight is 203 g/mol. The van der Waals surface area contributed by atoms with Crippen molar-refractivity contribution in [3.8, 4) is 6.07 Å². The van der Waals surface area contributed by atoms with Crippen LogP contribution in [0.2, 0.25) is 0 Å². The number of hydrazone groups is 1. The maximum atomic E-state index is 10.4. The van der Waals surface area contributed by atoms with Crippen LogP contribution < -0.4 is 5.43 Å². The van der Waals surface area contributed by atoms with Crippen molar-refractivity contribution in [1.29, 1.82) is 5.26 Å². The van der Waals surface area contributed by atoms with Gasteiger partial charge < -0.3 is 5.11 Å². The minimum Gasteiger partial charge on any atom is -0.476 e. The minimum absolute atomic E-state index is 0.574. The van der Waals surface area contributed by atoms with Gasteiger partial charge in [0, 0.05) is 0 Å². The Hall–Kier alpha value is -2.35. The summed E-state index contributed by atoms with van der Waals surface area (Å²) in [4.78, 5) is 10.4. The van der Waals surface area contributed by atoms with Gasteiger partial charge in [-0.2, -0.15) is 10.4 Å². The SMILES string of the molecule is Cc1ccc(N/N=C(\C#N)C(=O)O)cc1. The van der Waals surface area contributed by atoms with Gasteiger partial charge in [-0.15, -0.1) is 0 Å². The van der Waals surface area contributed by atoms with E-state index in [0.717, 1.165) is 5.56 Å². The molecule has 0 bridgehead atoms. The van der Waals surface area contributed by atoms with Crippen molar-refractivity contribution in [2.24, 2.45) is 5.10 Å². The number of rotatable bonds is 3. The van der Waals surface area contributed by atoms with Crippen molar-refractivity contribution in [3.63, 3.8) is 0 Å². The van der Waals surface area contributed by atoms with Crippen molar-refractivity contribution in [3.05, 3.63) is 29.8 Å². The lowest BCUT2D eigenvalue weighted by Gasteiger charge is -1.99. The first-order valence-corrected chi connectivity index (χ1v) is 4.17. The smallest absolute Gasteiger partial charge is 0.367 e. The van der Waals surface area contributed by atoms with Crippen LogP contribution in [0.15, 0.2) is 29.4 Å². The quantitative estimate of drug-likeness (QED) is 0.573. The average Bonchev–Trinajstić information content (AvgIpc) is 2.21. The molecule has 0 aliphatic rings. The number of aliphatic carboxylic acids is 1. The van der Waals surface area contributed by atoms with Gasteiger partial charge in [0.2, 0.25) is 5.71 Å². The molecule has 2 N–H and O–H groups in total. The standard InChI is InChI=1S/C10H9N3O2/c1-7-2-4-8(5-3-7)12-13-9(6-11)10(14)15/h2-5,12H,1H3,(H,14,15)/b13-9+. The van der Waals surface area contributed by atoms with E-state index in [-0.39, 0.29) is 0 Å². The predicted octanol–water partition coefficient (Wildman–Crippen LogP) is 1.37. The number of hydrogen-bond acceptors (Lipinski definition) is 4. The topological polar surface area (TPSA) is 85.5 Å². The first kappa shape index (κ1) is 10.7. The number of carboxylic acids is 1. The maximum absolute atomic E-state index is 10.4. The molecule has 0 spiro atoms. The molecule has 0 fully saturated rings. The monoisotopic (exact) mass is 203 g/mol. The molecule has 0 saturated carbocycles. The van der Waals surface area contributed by atoms with E-state index in [0.29, 0.717) is 5.69 Å². The Morgan fingerprint density at radius 2 is 2.07 bits per heavy atom. The van der Waals surface area contributed by atoms with Crippen LogP contribution in [0.5, 0.6) is 0 Å². The molecule has 0 amide bonds. The van der Waals surface area contributed by atoms with Gasteiger partial charge >= 0.3 is 5.97 Å². The molecule has 1 rings (SSSR count). The highest BCUT2D eigenvalue weighted by Gasteiger charge is 2.06. The highest BCUT2D eigenvalue weighted by Crippen LogP contribution is 2.08. The zero-order valence-electron chi connectivity index (χ0n) is 8.06. The molecule has 5 heteroatoms. The van der Waals surface area contributed by atoms with Gasteiger partial charge in [-0.3, -0.25) is 5.43 Å². The maximum Gasteiger partial charge on any atom is 0.367 e. The van der Waals surface area contributed by atoms with Crippen LogP contribution in [-0.2, 0) is 4.79 Å². The molecular formula is C10H9N3O2. The highest BCUT2D eigenvalue weighted by molar-refractivity contribution is 6.42. The second kappa shape index (κ2) is 4.77. The summed E-state index contributed by atoms with van der Waals surface area (Å²) in [5.74, 6) is -1.35. The Bertz CT molecular complexity index is 429. The van der Waals surface area contributed by atoms with Crippen molar-refractivity contribution in [2.75, 3.05) is 5.43 Å². The lowest BCUT2D eigenvalue weighted by Crippen LogP contribution is -2.12. The number of nitrogens with zero attached hydrogens (tertiary/aromatic N) is 2. The van der Waals surface area contributed by atoms with Crippen LogP contribution in [0.3, 0.4) is 0 Å². The second-order valence-electron chi connectivity index (χ2n) is 2.86. The molecule has 0 aliphatic heterocycles. The summed E-state index contributed by atoms with van der Waals surface area (Å²) >= 11 is 0.